The molecule has 1 atom stereocenters. The molecule has 1 aliphatic carbocycles. The van der Waals surface area contributed by atoms with E-state index in [-0.39, 0.29) is 17.6 Å². The van der Waals surface area contributed by atoms with Crippen molar-refractivity contribution in [1.82, 2.24) is 10.5 Å². The van der Waals surface area contributed by atoms with E-state index in [0.717, 1.165) is 49.0 Å². The molecule has 0 spiro atoms. The molecule has 1 unspecified atom stereocenters. The zero-order valence-electron chi connectivity index (χ0n) is 14.9. The first-order valence-corrected chi connectivity index (χ1v) is 9.27. The number of hydrogen-bond acceptors (Lipinski definition) is 5. The van der Waals surface area contributed by atoms with E-state index in [1.165, 1.54) is 0 Å². The fraction of sp³-hybridized carbons (Fsp3) is 0.400. The smallest absolute Gasteiger partial charge is 0.290 e. The predicted octanol–water partition coefficient (Wildman–Crippen LogP) is 2.35. The van der Waals surface area contributed by atoms with Crippen LogP contribution in [0.1, 0.15) is 53.1 Å². The number of fused-ring (bicyclic) bond motifs is 1. The fourth-order valence-corrected chi connectivity index (χ4v) is 3.77. The molecule has 1 aliphatic heterocycles. The number of aryl methyl sites for hydroxylation is 1. The van der Waals surface area contributed by atoms with E-state index in [9.17, 15) is 9.59 Å². The van der Waals surface area contributed by atoms with Gasteiger partial charge in [0.1, 0.15) is 6.04 Å². The van der Waals surface area contributed by atoms with Crippen LogP contribution < -0.4 is 10.2 Å². The normalized spacial score (nSPS) is 19.3. The molecule has 1 N–H and O–H groups in total. The van der Waals surface area contributed by atoms with Gasteiger partial charge in [0.25, 0.3) is 5.91 Å². The van der Waals surface area contributed by atoms with Crippen LogP contribution in [0.3, 0.4) is 0 Å². The Morgan fingerprint density at radius 2 is 2.00 bits per heavy atom. The van der Waals surface area contributed by atoms with Gasteiger partial charge < -0.3 is 14.7 Å². The van der Waals surface area contributed by atoms with Crippen LogP contribution in [0.4, 0.5) is 5.69 Å². The van der Waals surface area contributed by atoms with Gasteiger partial charge in [-0.25, -0.2) is 0 Å². The molecule has 0 bridgehead atoms. The summed E-state index contributed by atoms with van der Waals surface area (Å²) in [7, 11) is 0. The van der Waals surface area contributed by atoms with Gasteiger partial charge in [0, 0.05) is 17.8 Å². The third kappa shape index (κ3) is 3.31. The Balaban J connectivity index is 1.48. The predicted molar refractivity (Wildman–Crippen MR) is 97.1 cm³/mol. The highest BCUT2D eigenvalue weighted by molar-refractivity contribution is 6.02. The quantitative estimate of drug-likeness (QED) is 0.901. The second-order valence-electron chi connectivity index (χ2n) is 6.96. The van der Waals surface area contributed by atoms with Gasteiger partial charge in [-0.2, -0.15) is 5.26 Å². The minimum absolute atomic E-state index is 0.146. The van der Waals surface area contributed by atoms with Crippen molar-refractivity contribution in [2.75, 3.05) is 11.4 Å². The minimum atomic E-state index is -0.591. The summed E-state index contributed by atoms with van der Waals surface area (Å²) in [6.07, 6.45) is 5.07. The van der Waals surface area contributed by atoms with E-state index < -0.39 is 6.04 Å². The lowest BCUT2D eigenvalue weighted by Crippen LogP contribution is -2.52. The van der Waals surface area contributed by atoms with E-state index in [4.69, 9.17) is 9.78 Å². The zero-order chi connectivity index (χ0) is 18.8. The fourth-order valence-electron chi connectivity index (χ4n) is 3.77. The minimum Gasteiger partial charge on any atom is -0.350 e. The molecule has 1 aromatic carbocycles. The number of rotatable bonds is 3. The van der Waals surface area contributed by atoms with Crippen LogP contribution in [0.2, 0.25) is 0 Å². The number of nitrogens with zero attached hydrogens (tertiary/aromatic N) is 3. The van der Waals surface area contributed by atoms with Crippen LogP contribution in [0.5, 0.6) is 0 Å². The first-order valence-electron chi connectivity index (χ1n) is 9.27. The van der Waals surface area contributed by atoms with Gasteiger partial charge >= 0.3 is 0 Å². The number of amides is 2. The average Bonchev–Trinajstić information content (AvgIpc) is 3.14. The topological polar surface area (TPSA) is 99.2 Å². The second kappa shape index (κ2) is 7.23. The summed E-state index contributed by atoms with van der Waals surface area (Å²) in [6.45, 7) is 0.592. The lowest BCUT2D eigenvalue weighted by molar-refractivity contribution is -0.121. The van der Waals surface area contributed by atoms with E-state index in [1.807, 2.05) is 0 Å². The van der Waals surface area contributed by atoms with Crippen molar-refractivity contribution in [3.8, 4) is 6.07 Å². The number of carbonyl (C=O) groups is 2. The molecule has 0 radical (unpaired) electrons. The van der Waals surface area contributed by atoms with Crippen LogP contribution in [0.25, 0.3) is 0 Å². The number of benzene rings is 1. The summed E-state index contributed by atoms with van der Waals surface area (Å²) < 4.78 is 5.28. The molecule has 0 saturated carbocycles. The molecule has 2 heterocycles. The molecular weight excluding hydrogens is 344 g/mol. The number of nitrogens with one attached hydrogen (secondary N) is 1. The van der Waals surface area contributed by atoms with Gasteiger partial charge in [-0.3, -0.25) is 9.59 Å². The monoisotopic (exact) mass is 364 g/mol. The number of nitriles is 1. The highest BCUT2D eigenvalue weighted by Crippen LogP contribution is 2.25. The Morgan fingerprint density at radius 1 is 1.22 bits per heavy atom. The third-order valence-corrected chi connectivity index (χ3v) is 5.22. The van der Waals surface area contributed by atoms with Crippen LogP contribution in [0.15, 0.2) is 28.8 Å². The average molecular weight is 364 g/mol. The molecule has 2 aliphatic rings. The maximum atomic E-state index is 12.9. The molecule has 138 valence electrons. The van der Waals surface area contributed by atoms with Crippen molar-refractivity contribution in [3.05, 3.63) is 46.8 Å². The maximum absolute atomic E-state index is 12.9. The standard InChI is InChI=1S/C20H20N4O3/c21-12-13-7-9-14(10-8-13)24-11-3-6-17(20(24)26)22-19(25)18-15-4-1-2-5-16(15)23-27-18/h7-10,17H,1-6,11H2,(H,22,25). The van der Waals surface area contributed by atoms with Crippen molar-refractivity contribution in [2.45, 2.75) is 44.6 Å². The lowest BCUT2D eigenvalue weighted by atomic mass is 9.95. The molecule has 7 heteroatoms. The van der Waals surface area contributed by atoms with Crippen LogP contribution in [-0.2, 0) is 17.6 Å². The SMILES string of the molecule is N#Cc1ccc(N2CCCC(NC(=O)c3onc4c3CCCC4)C2=O)cc1. The van der Waals surface area contributed by atoms with Crippen molar-refractivity contribution < 1.29 is 14.1 Å². The van der Waals surface area contributed by atoms with Gasteiger partial charge in [-0.1, -0.05) is 5.16 Å². The van der Waals surface area contributed by atoms with Crippen molar-refractivity contribution in [2.24, 2.45) is 0 Å². The Hall–Kier alpha value is -3.14. The summed E-state index contributed by atoms with van der Waals surface area (Å²) in [5.41, 5.74) is 3.02. The first kappa shape index (κ1) is 17.3. The number of anilines is 1. The Kier molecular flexibility index (Phi) is 4.63. The van der Waals surface area contributed by atoms with E-state index >= 15 is 0 Å². The third-order valence-electron chi connectivity index (χ3n) is 5.22. The number of carbonyl (C=O) groups excluding carboxylic acids is 2. The first-order chi connectivity index (χ1) is 13.2. The van der Waals surface area contributed by atoms with Crippen LogP contribution in [-0.4, -0.2) is 29.6 Å². The van der Waals surface area contributed by atoms with Gasteiger partial charge in [0.2, 0.25) is 11.7 Å². The molecule has 2 amide bonds. The molecule has 1 saturated heterocycles. The van der Waals surface area contributed by atoms with E-state index in [1.54, 1.807) is 29.2 Å². The van der Waals surface area contributed by atoms with Gasteiger partial charge in [-0.15, -0.1) is 0 Å². The lowest BCUT2D eigenvalue weighted by Gasteiger charge is -2.32. The summed E-state index contributed by atoms with van der Waals surface area (Å²) in [4.78, 5) is 27.2. The number of aromatic nitrogens is 1. The molecule has 1 aromatic heterocycles. The maximum Gasteiger partial charge on any atom is 0.290 e. The summed E-state index contributed by atoms with van der Waals surface area (Å²) in [6, 6.07) is 8.36. The summed E-state index contributed by atoms with van der Waals surface area (Å²) >= 11 is 0. The molecular formula is C20H20N4O3. The zero-order valence-corrected chi connectivity index (χ0v) is 14.9. The van der Waals surface area contributed by atoms with Crippen molar-refractivity contribution in [3.63, 3.8) is 0 Å². The highest BCUT2D eigenvalue weighted by Gasteiger charge is 2.33. The molecule has 27 heavy (non-hydrogen) atoms. The summed E-state index contributed by atoms with van der Waals surface area (Å²) in [5.74, 6) is -0.272. The van der Waals surface area contributed by atoms with Gasteiger partial charge in [-0.05, 0) is 62.8 Å². The molecule has 7 nitrogen and oxygen atoms in total. The molecule has 1 fully saturated rings. The highest BCUT2D eigenvalue weighted by atomic mass is 16.5. The van der Waals surface area contributed by atoms with Gasteiger partial charge in [0.05, 0.1) is 17.3 Å². The van der Waals surface area contributed by atoms with Gasteiger partial charge in [0.15, 0.2) is 0 Å². The largest absolute Gasteiger partial charge is 0.350 e. The number of hydrogen-bond donors (Lipinski definition) is 1. The van der Waals surface area contributed by atoms with Crippen LogP contribution >= 0.6 is 0 Å². The Bertz CT molecular complexity index is 910. The molecule has 4 rings (SSSR count). The Labute approximate surface area is 156 Å². The van der Waals surface area contributed by atoms with Crippen molar-refractivity contribution >= 4 is 17.5 Å². The second-order valence-corrected chi connectivity index (χ2v) is 6.96. The molecule has 2 aromatic rings. The number of piperidine rings is 1. The van der Waals surface area contributed by atoms with Crippen molar-refractivity contribution in [1.29, 1.82) is 5.26 Å². The van der Waals surface area contributed by atoms with E-state index in [0.29, 0.717) is 18.5 Å². The van der Waals surface area contributed by atoms with E-state index in [2.05, 4.69) is 16.5 Å². The van der Waals surface area contributed by atoms with Crippen LogP contribution in [0, 0.1) is 11.3 Å². The summed E-state index contributed by atoms with van der Waals surface area (Å²) in [5, 5.41) is 15.8. The Morgan fingerprint density at radius 3 is 2.78 bits per heavy atom.